The first kappa shape index (κ1) is 11.1. The molecule has 0 radical (unpaired) electrons. The van der Waals surface area contributed by atoms with Gasteiger partial charge in [0.15, 0.2) is 0 Å². The molecule has 0 heterocycles. The van der Waals surface area contributed by atoms with Crippen molar-refractivity contribution in [3.8, 4) is 0 Å². The molecule has 0 fully saturated rings. The highest BCUT2D eigenvalue weighted by molar-refractivity contribution is 5.21. The summed E-state index contributed by atoms with van der Waals surface area (Å²) in [5, 5.41) is 9.60. The number of aliphatic hydroxyl groups is 1. The van der Waals surface area contributed by atoms with E-state index in [4.69, 9.17) is 5.73 Å². The summed E-state index contributed by atoms with van der Waals surface area (Å²) in [6.45, 7) is 1.96. The van der Waals surface area contributed by atoms with Crippen LogP contribution in [0.1, 0.15) is 31.4 Å². The maximum absolute atomic E-state index is 13.2. The Morgan fingerprint density at radius 2 is 2.07 bits per heavy atom. The van der Waals surface area contributed by atoms with Crippen molar-refractivity contribution < 1.29 is 9.50 Å². The summed E-state index contributed by atoms with van der Waals surface area (Å²) in [5.41, 5.74) is 6.12. The van der Waals surface area contributed by atoms with Crippen LogP contribution in [0.25, 0.3) is 0 Å². The molecular weight excluding hydrogens is 181 g/mol. The lowest BCUT2D eigenvalue weighted by atomic mass is 9.99. The van der Waals surface area contributed by atoms with E-state index in [0.29, 0.717) is 12.0 Å². The molecule has 3 N–H and O–H groups in total. The SMILES string of the molecule is CCC[C@H](O)[C@H](N)c1ccccc1F. The minimum Gasteiger partial charge on any atom is -0.391 e. The van der Waals surface area contributed by atoms with Crippen LogP contribution in [0.4, 0.5) is 4.39 Å². The van der Waals surface area contributed by atoms with E-state index in [1.165, 1.54) is 6.07 Å². The van der Waals surface area contributed by atoms with E-state index in [2.05, 4.69) is 0 Å². The molecule has 1 aromatic rings. The average Bonchev–Trinajstić information content (AvgIpc) is 2.18. The molecule has 0 aromatic heterocycles. The van der Waals surface area contributed by atoms with Crippen LogP contribution in [0.2, 0.25) is 0 Å². The largest absolute Gasteiger partial charge is 0.391 e. The van der Waals surface area contributed by atoms with Crippen molar-refractivity contribution in [1.29, 1.82) is 0 Å². The summed E-state index contributed by atoms with van der Waals surface area (Å²) in [4.78, 5) is 0. The van der Waals surface area contributed by atoms with E-state index in [-0.39, 0.29) is 5.82 Å². The number of benzene rings is 1. The summed E-state index contributed by atoms with van der Waals surface area (Å²) in [6.07, 6.45) is 0.760. The highest BCUT2D eigenvalue weighted by Crippen LogP contribution is 2.19. The topological polar surface area (TPSA) is 46.2 Å². The Hall–Kier alpha value is -0.930. The zero-order chi connectivity index (χ0) is 10.6. The van der Waals surface area contributed by atoms with Crippen LogP contribution in [-0.4, -0.2) is 11.2 Å². The molecule has 0 saturated carbocycles. The van der Waals surface area contributed by atoms with Crippen LogP contribution in [0, 0.1) is 5.82 Å². The number of nitrogens with two attached hydrogens (primary N) is 1. The second-order valence-corrected chi connectivity index (χ2v) is 3.40. The molecular formula is C11H16FNO. The molecule has 0 aliphatic rings. The van der Waals surface area contributed by atoms with Gasteiger partial charge >= 0.3 is 0 Å². The highest BCUT2D eigenvalue weighted by Gasteiger charge is 2.18. The molecule has 78 valence electrons. The lowest BCUT2D eigenvalue weighted by molar-refractivity contribution is 0.133. The predicted molar refractivity (Wildman–Crippen MR) is 54.2 cm³/mol. The van der Waals surface area contributed by atoms with Crippen molar-refractivity contribution in [2.24, 2.45) is 5.73 Å². The van der Waals surface area contributed by atoms with Crippen LogP contribution < -0.4 is 5.73 Å². The van der Waals surface area contributed by atoms with Crippen LogP contribution in [-0.2, 0) is 0 Å². The fourth-order valence-corrected chi connectivity index (χ4v) is 1.43. The number of hydrogen-bond acceptors (Lipinski definition) is 2. The monoisotopic (exact) mass is 197 g/mol. The first-order chi connectivity index (χ1) is 6.66. The van der Waals surface area contributed by atoms with Gasteiger partial charge in [-0.2, -0.15) is 0 Å². The number of hydrogen-bond donors (Lipinski definition) is 2. The third-order valence-corrected chi connectivity index (χ3v) is 2.26. The predicted octanol–water partition coefficient (Wildman–Crippen LogP) is 1.99. The smallest absolute Gasteiger partial charge is 0.128 e. The minimum absolute atomic E-state index is 0.352. The van der Waals surface area contributed by atoms with E-state index in [9.17, 15) is 9.50 Å². The van der Waals surface area contributed by atoms with E-state index in [0.717, 1.165) is 6.42 Å². The van der Waals surface area contributed by atoms with Gasteiger partial charge in [0.05, 0.1) is 12.1 Å². The maximum Gasteiger partial charge on any atom is 0.128 e. The van der Waals surface area contributed by atoms with Crippen molar-refractivity contribution in [2.75, 3.05) is 0 Å². The second kappa shape index (κ2) is 5.08. The molecule has 0 amide bonds. The Labute approximate surface area is 83.6 Å². The fourth-order valence-electron chi connectivity index (χ4n) is 1.43. The van der Waals surface area contributed by atoms with Crippen LogP contribution >= 0.6 is 0 Å². The first-order valence-electron chi connectivity index (χ1n) is 4.85. The van der Waals surface area contributed by atoms with E-state index in [1.807, 2.05) is 6.92 Å². The highest BCUT2D eigenvalue weighted by atomic mass is 19.1. The third-order valence-electron chi connectivity index (χ3n) is 2.26. The van der Waals surface area contributed by atoms with Gasteiger partial charge in [0.2, 0.25) is 0 Å². The number of rotatable bonds is 4. The molecule has 0 unspecified atom stereocenters. The van der Waals surface area contributed by atoms with Crippen molar-refractivity contribution in [2.45, 2.75) is 31.9 Å². The molecule has 2 nitrogen and oxygen atoms in total. The van der Waals surface area contributed by atoms with Gasteiger partial charge in [-0.1, -0.05) is 31.5 Å². The van der Waals surface area contributed by atoms with Crippen LogP contribution in [0.3, 0.4) is 0 Å². The molecule has 0 bridgehead atoms. The Morgan fingerprint density at radius 1 is 1.43 bits per heavy atom. The fraction of sp³-hybridized carbons (Fsp3) is 0.455. The first-order valence-corrected chi connectivity index (χ1v) is 4.85. The van der Waals surface area contributed by atoms with Gasteiger partial charge in [-0.25, -0.2) is 4.39 Å². The summed E-state index contributed by atoms with van der Waals surface area (Å²) >= 11 is 0. The van der Waals surface area contributed by atoms with Crippen LogP contribution in [0.5, 0.6) is 0 Å². The summed E-state index contributed by atoms with van der Waals surface area (Å²) < 4.78 is 13.2. The van der Waals surface area contributed by atoms with E-state index >= 15 is 0 Å². The Morgan fingerprint density at radius 3 is 2.64 bits per heavy atom. The van der Waals surface area contributed by atoms with Gasteiger partial charge in [-0.3, -0.25) is 0 Å². The standard InChI is InChI=1S/C11H16FNO/c1-2-5-10(14)11(13)8-6-3-4-7-9(8)12/h3-4,6-7,10-11,14H,2,5,13H2,1H3/t10-,11+/m0/s1. The van der Waals surface area contributed by atoms with Crippen molar-refractivity contribution in [1.82, 2.24) is 0 Å². The van der Waals surface area contributed by atoms with E-state index < -0.39 is 12.1 Å². The van der Waals surface area contributed by atoms with Crippen LogP contribution in [0.15, 0.2) is 24.3 Å². The zero-order valence-corrected chi connectivity index (χ0v) is 8.28. The molecule has 3 heteroatoms. The minimum atomic E-state index is -0.670. The van der Waals surface area contributed by atoms with Crippen molar-refractivity contribution >= 4 is 0 Å². The Bertz CT molecular complexity index is 290. The van der Waals surface area contributed by atoms with Gasteiger partial charge < -0.3 is 10.8 Å². The quantitative estimate of drug-likeness (QED) is 0.775. The molecule has 0 aliphatic carbocycles. The summed E-state index contributed by atoms with van der Waals surface area (Å²) in [7, 11) is 0. The Balaban J connectivity index is 2.78. The number of halogens is 1. The number of aliphatic hydroxyl groups excluding tert-OH is 1. The van der Waals surface area contributed by atoms with Gasteiger partial charge in [-0.15, -0.1) is 0 Å². The lowest BCUT2D eigenvalue weighted by Crippen LogP contribution is -2.26. The summed E-state index contributed by atoms with van der Waals surface area (Å²) in [5.74, 6) is -0.352. The Kier molecular flexibility index (Phi) is 4.04. The third kappa shape index (κ3) is 2.53. The molecule has 0 aliphatic heterocycles. The van der Waals surface area contributed by atoms with Gasteiger partial charge in [0, 0.05) is 5.56 Å². The molecule has 0 spiro atoms. The van der Waals surface area contributed by atoms with Gasteiger partial charge in [-0.05, 0) is 12.5 Å². The van der Waals surface area contributed by atoms with Crippen molar-refractivity contribution in [3.05, 3.63) is 35.6 Å². The van der Waals surface area contributed by atoms with Gasteiger partial charge in [0.1, 0.15) is 5.82 Å². The molecule has 2 atom stereocenters. The van der Waals surface area contributed by atoms with E-state index in [1.54, 1.807) is 18.2 Å². The van der Waals surface area contributed by atoms with Gasteiger partial charge in [0.25, 0.3) is 0 Å². The molecule has 1 aromatic carbocycles. The lowest BCUT2D eigenvalue weighted by Gasteiger charge is -2.18. The second-order valence-electron chi connectivity index (χ2n) is 3.40. The zero-order valence-electron chi connectivity index (χ0n) is 8.28. The molecule has 14 heavy (non-hydrogen) atoms. The van der Waals surface area contributed by atoms with Crippen molar-refractivity contribution in [3.63, 3.8) is 0 Å². The molecule has 0 saturated heterocycles. The summed E-state index contributed by atoms with van der Waals surface area (Å²) in [6, 6.07) is 5.66. The molecule has 1 rings (SSSR count). The normalized spacial score (nSPS) is 15.1. The maximum atomic E-state index is 13.2. The average molecular weight is 197 g/mol.